The molecular weight excluding hydrogens is 464 g/mol. The second-order valence-electron chi connectivity index (χ2n) is 10.5. The Balaban J connectivity index is 1.26. The van der Waals surface area contributed by atoms with Crippen LogP contribution in [-0.4, -0.2) is 89.5 Å². The fraction of sp³-hybridized carbons (Fsp3) is 0.621. The lowest BCUT2D eigenvalue weighted by Gasteiger charge is -2.37. The third-order valence-corrected chi connectivity index (χ3v) is 7.83. The van der Waals surface area contributed by atoms with Crippen LogP contribution in [0, 0.1) is 5.92 Å². The zero-order valence-corrected chi connectivity index (χ0v) is 22.7. The molecule has 3 heterocycles. The molecule has 1 aromatic carbocycles. The fourth-order valence-electron chi connectivity index (χ4n) is 5.41. The lowest BCUT2D eigenvalue weighted by atomic mass is 9.97. The van der Waals surface area contributed by atoms with Gasteiger partial charge in [-0.25, -0.2) is 4.98 Å². The van der Waals surface area contributed by atoms with Crippen molar-refractivity contribution in [3.05, 3.63) is 58.0 Å². The molecule has 1 amide bonds. The summed E-state index contributed by atoms with van der Waals surface area (Å²) in [4.78, 5) is 42.2. The van der Waals surface area contributed by atoms with E-state index in [1.807, 2.05) is 4.90 Å². The monoisotopic (exact) mass is 508 g/mol. The Morgan fingerprint density at radius 2 is 1.68 bits per heavy atom. The Labute approximate surface area is 221 Å². The summed E-state index contributed by atoms with van der Waals surface area (Å²) >= 11 is 0. The average Bonchev–Trinajstić information content (AvgIpc) is 2.93. The topological polar surface area (TPSA) is 75.8 Å². The number of carbonyl (C=O) groups is 1. The average molecular weight is 509 g/mol. The van der Waals surface area contributed by atoms with E-state index in [9.17, 15) is 9.59 Å². The summed E-state index contributed by atoms with van der Waals surface area (Å²) in [5.41, 5.74) is 2.10. The number of aromatic amines is 1. The van der Waals surface area contributed by atoms with E-state index in [1.165, 1.54) is 5.56 Å². The number of anilines is 1. The molecule has 0 bridgehead atoms. The number of piperazine rings is 2. The lowest BCUT2D eigenvalue weighted by Crippen LogP contribution is -2.51. The van der Waals surface area contributed by atoms with Gasteiger partial charge in [0.15, 0.2) is 0 Å². The minimum Gasteiger partial charge on any atom is -0.339 e. The molecular formula is C29H44N6O2. The highest BCUT2D eigenvalue weighted by molar-refractivity contribution is 5.79. The van der Waals surface area contributed by atoms with Crippen LogP contribution in [0.1, 0.15) is 50.8 Å². The standard InChI is InChI=1S/C29H44N6O2/c1-3-5-11-25(4-2)28(37)34-18-20-35(21-19-34)29-30-26(22-27(36)31-29)23-33-16-14-32(15-17-33)13-12-24-9-7-6-8-10-24/h6-10,22,25H,3-5,11-21,23H2,1-2H3,(H,30,31,36)/t25-/m1/s1. The van der Waals surface area contributed by atoms with E-state index >= 15 is 0 Å². The van der Waals surface area contributed by atoms with Crippen LogP contribution in [-0.2, 0) is 17.8 Å². The van der Waals surface area contributed by atoms with Crippen LogP contribution >= 0.6 is 0 Å². The highest BCUT2D eigenvalue weighted by Gasteiger charge is 2.27. The van der Waals surface area contributed by atoms with Crippen LogP contribution in [0.4, 0.5) is 5.95 Å². The molecule has 0 saturated carbocycles. The number of hydrogen-bond donors (Lipinski definition) is 1. The van der Waals surface area contributed by atoms with Gasteiger partial charge in [-0.1, -0.05) is 57.0 Å². The molecule has 8 nitrogen and oxygen atoms in total. The maximum Gasteiger partial charge on any atom is 0.252 e. The van der Waals surface area contributed by atoms with Crippen LogP contribution in [0.2, 0.25) is 0 Å². The highest BCUT2D eigenvalue weighted by atomic mass is 16.2. The van der Waals surface area contributed by atoms with E-state index in [4.69, 9.17) is 4.98 Å². The molecule has 8 heteroatoms. The second-order valence-corrected chi connectivity index (χ2v) is 10.5. The van der Waals surface area contributed by atoms with Crippen molar-refractivity contribution < 1.29 is 4.79 Å². The van der Waals surface area contributed by atoms with Crippen molar-refractivity contribution in [1.82, 2.24) is 24.7 Å². The molecule has 0 unspecified atom stereocenters. The SMILES string of the molecule is CCCC[C@@H](CC)C(=O)N1CCN(c2nc(CN3CCN(CCc4ccccc4)CC3)cc(=O)[nH]2)CC1. The molecule has 4 rings (SSSR count). The van der Waals surface area contributed by atoms with Crippen LogP contribution < -0.4 is 10.5 Å². The first kappa shape index (κ1) is 27.3. The van der Waals surface area contributed by atoms with E-state index in [-0.39, 0.29) is 17.4 Å². The molecule has 1 atom stereocenters. The van der Waals surface area contributed by atoms with Gasteiger partial charge in [0.1, 0.15) is 0 Å². The number of H-pyrrole nitrogens is 1. The summed E-state index contributed by atoms with van der Waals surface area (Å²) < 4.78 is 0. The molecule has 0 spiro atoms. The normalized spacial score (nSPS) is 18.2. The summed E-state index contributed by atoms with van der Waals surface area (Å²) in [6.45, 7) is 12.8. The van der Waals surface area contributed by atoms with Crippen molar-refractivity contribution in [2.45, 2.75) is 52.5 Å². The molecule has 0 aliphatic carbocycles. The number of unbranched alkanes of at least 4 members (excludes halogenated alkanes) is 1. The maximum absolute atomic E-state index is 13.0. The first-order valence-corrected chi connectivity index (χ1v) is 14.2. The molecule has 1 N–H and O–H groups in total. The molecule has 2 aliphatic rings. The number of benzene rings is 1. The van der Waals surface area contributed by atoms with Crippen LogP contribution in [0.25, 0.3) is 0 Å². The fourth-order valence-corrected chi connectivity index (χ4v) is 5.41. The van der Waals surface area contributed by atoms with Gasteiger partial charge in [0.2, 0.25) is 11.9 Å². The maximum atomic E-state index is 13.0. The second kappa shape index (κ2) is 13.7. The van der Waals surface area contributed by atoms with Gasteiger partial charge < -0.3 is 14.7 Å². The molecule has 37 heavy (non-hydrogen) atoms. The Hall–Kier alpha value is -2.71. The Kier molecular flexibility index (Phi) is 10.1. The Morgan fingerprint density at radius 1 is 0.973 bits per heavy atom. The predicted octanol–water partition coefficient (Wildman–Crippen LogP) is 3.00. The molecule has 2 aliphatic heterocycles. The van der Waals surface area contributed by atoms with Crippen molar-refractivity contribution in [2.75, 3.05) is 63.8 Å². The number of amides is 1. The minimum atomic E-state index is -0.106. The van der Waals surface area contributed by atoms with Crippen molar-refractivity contribution in [2.24, 2.45) is 5.92 Å². The smallest absolute Gasteiger partial charge is 0.252 e. The van der Waals surface area contributed by atoms with E-state index < -0.39 is 0 Å². The molecule has 0 radical (unpaired) electrons. The van der Waals surface area contributed by atoms with Crippen molar-refractivity contribution in [3.63, 3.8) is 0 Å². The van der Waals surface area contributed by atoms with Gasteiger partial charge in [-0.15, -0.1) is 0 Å². The number of nitrogens with one attached hydrogen (secondary N) is 1. The zero-order chi connectivity index (χ0) is 26.0. The summed E-state index contributed by atoms with van der Waals surface area (Å²) in [7, 11) is 0. The molecule has 1 aromatic heterocycles. The number of hydrogen-bond acceptors (Lipinski definition) is 6. The largest absolute Gasteiger partial charge is 0.339 e. The van der Waals surface area contributed by atoms with Gasteiger partial charge in [0, 0.05) is 77.4 Å². The zero-order valence-electron chi connectivity index (χ0n) is 22.7. The van der Waals surface area contributed by atoms with Gasteiger partial charge in [-0.3, -0.25) is 19.5 Å². The van der Waals surface area contributed by atoms with Crippen molar-refractivity contribution in [3.8, 4) is 0 Å². The molecule has 202 valence electrons. The number of aromatic nitrogens is 2. The summed E-state index contributed by atoms with van der Waals surface area (Å²) in [6, 6.07) is 12.3. The van der Waals surface area contributed by atoms with Crippen molar-refractivity contribution in [1.29, 1.82) is 0 Å². The van der Waals surface area contributed by atoms with Crippen LogP contribution in [0.5, 0.6) is 0 Å². The molecule has 2 fully saturated rings. The van der Waals surface area contributed by atoms with Crippen LogP contribution in [0.15, 0.2) is 41.2 Å². The van der Waals surface area contributed by atoms with Gasteiger partial charge in [0.05, 0.1) is 5.69 Å². The van der Waals surface area contributed by atoms with E-state index in [2.05, 4.69) is 63.9 Å². The lowest BCUT2D eigenvalue weighted by molar-refractivity contribution is -0.136. The van der Waals surface area contributed by atoms with Crippen LogP contribution in [0.3, 0.4) is 0 Å². The predicted molar refractivity (Wildman–Crippen MR) is 149 cm³/mol. The number of nitrogens with zero attached hydrogens (tertiary/aromatic N) is 5. The third-order valence-electron chi connectivity index (χ3n) is 7.83. The third kappa shape index (κ3) is 7.89. The first-order valence-electron chi connectivity index (χ1n) is 14.2. The highest BCUT2D eigenvalue weighted by Crippen LogP contribution is 2.19. The van der Waals surface area contributed by atoms with Gasteiger partial charge in [0.25, 0.3) is 5.56 Å². The summed E-state index contributed by atoms with van der Waals surface area (Å²) in [6.07, 6.45) is 5.18. The summed E-state index contributed by atoms with van der Waals surface area (Å²) in [5, 5.41) is 0. The summed E-state index contributed by atoms with van der Waals surface area (Å²) in [5.74, 6) is 1.05. The van der Waals surface area contributed by atoms with E-state index in [0.717, 1.165) is 70.5 Å². The molecule has 2 saturated heterocycles. The Morgan fingerprint density at radius 3 is 2.35 bits per heavy atom. The minimum absolute atomic E-state index is 0.106. The van der Waals surface area contributed by atoms with Gasteiger partial charge in [-0.05, 0) is 24.8 Å². The first-order chi connectivity index (χ1) is 18.1. The molecule has 2 aromatic rings. The van der Waals surface area contributed by atoms with Crippen molar-refractivity contribution >= 4 is 11.9 Å². The van der Waals surface area contributed by atoms with Gasteiger partial charge >= 0.3 is 0 Å². The van der Waals surface area contributed by atoms with Gasteiger partial charge in [-0.2, -0.15) is 0 Å². The van der Waals surface area contributed by atoms with E-state index in [0.29, 0.717) is 38.7 Å². The number of carbonyl (C=O) groups excluding carboxylic acids is 1. The quantitative estimate of drug-likeness (QED) is 0.503. The number of rotatable bonds is 11. The Bertz CT molecular complexity index is 1030. The van der Waals surface area contributed by atoms with E-state index in [1.54, 1.807) is 6.07 Å².